The van der Waals surface area contributed by atoms with Gasteiger partial charge in [-0.15, -0.1) is 0 Å². The third-order valence-corrected chi connectivity index (χ3v) is 3.63. The van der Waals surface area contributed by atoms with Gasteiger partial charge in [0.2, 0.25) is 0 Å². The SMILES string of the molecule is Cc1ccc(NCCc2ccsc2)cc1Cl. The van der Waals surface area contributed by atoms with E-state index in [4.69, 9.17) is 11.6 Å². The summed E-state index contributed by atoms with van der Waals surface area (Å²) in [6.07, 6.45) is 1.05. The second kappa shape index (κ2) is 5.37. The first-order chi connectivity index (χ1) is 7.75. The monoisotopic (exact) mass is 251 g/mol. The average Bonchev–Trinajstić information content (AvgIpc) is 2.76. The molecule has 0 bridgehead atoms. The molecule has 2 rings (SSSR count). The summed E-state index contributed by atoms with van der Waals surface area (Å²) in [5.41, 5.74) is 3.59. The maximum atomic E-state index is 6.05. The van der Waals surface area contributed by atoms with Crippen molar-refractivity contribution in [3.8, 4) is 0 Å². The van der Waals surface area contributed by atoms with E-state index >= 15 is 0 Å². The molecule has 3 heteroatoms. The quantitative estimate of drug-likeness (QED) is 0.851. The smallest absolute Gasteiger partial charge is 0.0455 e. The molecular formula is C13H14ClNS. The zero-order valence-electron chi connectivity index (χ0n) is 9.16. The van der Waals surface area contributed by atoms with E-state index < -0.39 is 0 Å². The molecule has 0 amide bonds. The van der Waals surface area contributed by atoms with Gasteiger partial charge in [0.15, 0.2) is 0 Å². The molecule has 0 saturated heterocycles. The topological polar surface area (TPSA) is 12.0 Å². The molecule has 84 valence electrons. The van der Waals surface area contributed by atoms with Crippen molar-refractivity contribution in [1.82, 2.24) is 0 Å². The van der Waals surface area contributed by atoms with Crippen LogP contribution < -0.4 is 5.32 Å². The summed E-state index contributed by atoms with van der Waals surface area (Å²) in [5, 5.41) is 8.48. The maximum absolute atomic E-state index is 6.05. The molecule has 0 aliphatic rings. The lowest BCUT2D eigenvalue weighted by Crippen LogP contribution is -2.04. The minimum atomic E-state index is 0.820. The van der Waals surface area contributed by atoms with Gasteiger partial charge in [0.1, 0.15) is 0 Å². The Morgan fingerprint density at radius 2 is 2.19 bits per heavy atom. The van der Waals surface area contributed by atoms with E-state index in [1.54, 1.807) is 11.3 Å². The van der Waals surface area contributed by atoms with E-state index in [0.29, 0.717) is 0 Å². The van der Waals surface area contributed by atoms with Gasteiger partial charge in [-0.25, -0.2) is 0 Å². The molecule has 0 aliphatic carbocycles. The molecular weight excluding hydrogens is 238 g/mol. The average molecular weight is 252 g/mol. The highest BCUT2D eigenvalue weighted by Gasteiger charge is 1.98. The van der Waals surface area contributed by atoms with Crippen LogP contribution in [0.15, 0.2) is 35.0 Å². The standard InChI is InChI=1S/C13H14ClNS/c1-10-2-3-12(8-13(10)14)15-6-4-11-5-7-16-9-11/h2-3,5,7-9,15H,4,6H2,1H3. The lowest BCUT2D eigenvalue weighted by molar-refractivity contribution is 1.03. The van der Waals surface area contributed by atoms with Gasteiger partial charge in [0.05, 0.1) is 0 Å². The van der Waals surface area contributed by atoms with Crippen molar-refractivity contribution in [3.63, 3.8) is 0 Å². The third-order valence-electron chi connectivity index (χ3n) is 2.49. The van der Waals surface area contributed by atoms with Gasteiger partial charge in [-0.05, 0) is 53.4 Å². The molecule has 0 saturated carbocycles. The predicted octanol–water partition coefficient (Wildman–Crippen LogP) is 4.36. The number of hydrogen-bond acceptors (Lipinski definition) is 2. The molecule has 2 aromatic rings. The third kappa shape index (κ3) is 3.00. The largest absolute Gasteiger partial charge is 0.385 e. The van der Waals surface area contributed by atoms with E-state index in [-0.39, 0.29) is 0 Å². The molecule has 1 nitrogen and oxygen atoms in total. The van der Waals surface area contributed by atoms with E-state index in [0.717, 1.165) is 29.2 Å². The maximum Gasteiger partial charge on any atom is 0.0455 e. The Labute approximate surface area is 105 Å². The second-order valence-corrected chi connectivity index (χ2v) is 4.96. The summed E-state index contributed by atoms with van der Waals surface area (Å²) >= 11 is 7.80. The summed E-state index contributed by atoms with van der Waals surface area (Å²) in [5.74, 6) is 0. The molecule has 0 radical (unpaired) electrons. The molecule has 0 unspecified atom stereocenters. The van der Waals surface area contributed by atoms with Crippen LogP contribution in [0, 0.1) is 6.92 Å². The Morgan fingerprint density at radius 1 is 1.31 bits per heavy atom. The number of benzene rings is 1. The van der Waals surface area contributed by atoms with Crippen LogP contribution >= 0.6 is 22.9 Å². The minimum absolute atomic E-state index is 0.820. The first-order valence-electron chi connectivity index (χ1n) is 5.27. The molecule has 1 aromatic heterocycles. The van der Waals surface area contributed by atoms with Crippen molar-refractivity contribution < 1.29 is 0 Å². The van der Waals surface area contributed by atoms with Crippen LogP contribution in [0.4, 0.5) is 5.69 Å². The van der Waals surface area contributed by atoms with Crippen molar-refractivity contribution in [3.05, 3.63) is 51.2 Å². The molecule has 0 aliphatic heterocycles. The lowest BCUT2D eigenvalue weighted by atomic mass is 10.2. The minimum Gasteiger partial charge on any atom is -0.385 e. The van der Waals surface area contributed by atoms with Gasteiger partial charge < -0.3 is 5.32 Å². The van der Waals surface area contributed by atoms with Crippen molar-refractivity contribution in [2.75, 3.05) is 11.9 Å². The number of anilines is 1. The van der Waals surface area contributed by atoms with Crippen LogP contribution in [0.25, 0.3) is 0 Å². The molecule has 1 N–H and O–H groups in total. The van der Waals surface area contributed by atoms with E-state index in [1.165, 1.54) is 5.56 Å². The highest BCUT2D eigenvalue weighted by molar-refractivity contribution is 7.07. The fourth-order valence-corrected chi connectivity index (χ4v) is 2.37. The van der Waals surface area contributed by atoms with E-state index in [9.17, 15) is 0 Å². The van der Waals surface area contributed by atoms with Gasteiger partial charge in [-0.1, -0.05) is 17.7 Å². The fourth-order valence-electron chi connectivity index (χ4n) is 1.49. The Hall–Kier alpha value is -0.990. The van der Waals surface area contributed by atoms with Crippen LogP contribution in [0.2, 0.25) is 5.02 Å². The van der Waals surface area contributed by atoms with Crippen LogP contribution in [0.5, 0.6) is 0 Å². The number of thiophene rings is 1. The van der Waals surface area contributed by atoms with Gasteiger partial charge in [0, 0.05) is 17.3 Å². The fraction of sp³-hybridized carbons (Fsp3) is 0.231. The van der Waals surface area contributed by atoms with Crippen molar-refractivity contribution in [2.45, 2.75) is 13.3 Å². The summed E-state index contributed by atoms with van der Waals surface area (Å²) in [6, 6.07) is 8.24. The Bertz CT molecular complexity index is 451. The van der Waals surface area contributed by atoms with Gasteiger partial charge in [0.25, 0.3) is 0 Å². The van der Waals surface area contributed by atoms with Crippen molar-refractivity contribution in [1.29, 1.82) is 0 Å². The second-order valence-electron chi connectivity index (χ2n) is 3.77. The predicted molar refractivity (Wildman–Crippen MR) is 72.7 cm³/mol. The zero-order chi connectivity index (χ0) is 11.4. The van der Waals surface area contributed by atoms with Crippen LogP contribution in [0.3, 0.4) is 0 Å². The Morgan fingerprint density at radius 3 is 2.88 bits per heavy atom. The molecule has 1 heterocycles. The molecule has 0 spiro atoms. The molecule has 0 atom stereocenters. The van der Waals surface area contributed by atoms with Crippen LogP contribution in [-0.2, 0) is 6.42 Å². The highest BCUT2D eigenvalue weighted by Crippen LogP contribution is 2.19. The molecule has 16 heavy (non-hydrogen) atoms. The van der Waals surface area contributed by atoms with E-state index in [2.05, 4.69) is 28.2 Å². The van der Waals surface area contributed by atoms with Gasteiger partial charge in [-0.2, -0.15) is 11.3 Å². The Kier molecular flexibility index (Phi) is 3.86. The number of rotatable bonds is 4. The number of aryl methyl sites for hydroxylation is 1. The summed E-state index contributed by atoms with van der Waals surface area (Å²) in [4.78, 5) is 0. The first kappa shape index (κ1) is 11.5. The number of hydrogen-bond donors (Lipinski definition) is 1. The number of nitrogens with one attached hydrogen (secondary N) is 1. The number of halogens is 1. The normalized spacial score (nSPS) is 10.4. The van der Waals surface area contributed by atoms with Crippen molar-refractivity contribution >= 4 is 28.6 Å². The van der Waals surface area contributed by atoms with Crippen LogP contribution in [-0.4, -0.2) is 6.54 Å². The Balaban J connectivity index is 1.87. The van der Waals surface area contributed by atoms with Crippen molar-refractivity contribution in [2.24, 2.45) is 0 Å². The highest BCUT2D eigenvalue weighted by atomic mass is 35.5. The first-order valence-corrected chi connectivity index (χ1v) is 6.59. The summed E-state index contributed by atoms with van der Waals surface area (Å²) in [6.45, 7) is 2.95. The van der Waals surface area contributed by atoms with Gasteiger partial charge in [-0.3, -0.25) is 0 Å². The van der Waals surface area contributed by atoms with E-state index in [1.807, 2.05) is 19.1 Å². The summed E-state index contributed by atoms with van der Waals surface area (Å²) < 4.78 is 0. The lowest BCUT2D eigenvalue weighted by Gasteiger charge is -2.07. The van der Waals surface area contributed by atoms with Crippen LogP contribution in [0.1, 0.15) is 11.1 Å². The molecule has 0 fully saturated rings. The zero-order valence-corrected chi connectivity index (χ0v) is 10.7. The molecule has 1 aromatic carbocycles. The van der Waals surface area contributed by atoms with Gasteiger partial charge >= 0.3 is 0 Å². The summed E-state index contributed by atoms with van der Waals surface area (Å²) in [7, 11) is 0.